The summed E-state index contributed by atoms with van der Waals surface area (Å²) in [6.07, 6.45) is 7.73. The number of carbonyl (C=O) groups excluding carboxylic acids is 1. The van der Waals surface area contributed by atoms with Crippen molar-refractivity contribution in [3.8, 4) is 5.75 Å². The van der Waals surface area contributed by atoms with E-state index >= 15 is 0 Å². The van der Waals surface area contributed by atoms with E-state index in [4.69, 9.17) is 10.5 Å². The Morgan fingerprint density at radius 1 is 1.48 bits per heavy atom. The Hall–Kier alpha value is -1.81. The van der Waals surface area contributed by atoms with Crippen molar-refractivity contribution in [3.63, 3.8) is 0 Å². The lowest BCUT2D eigenvalue weighted by atomic mass is 9.99. The van der Waals surface area contributed by atoms with E-state index in [0.717, 1.165) is 37.1 Å². The van der Waals surface area contributed by atoms with Crippen LogP contribution in [-0.4, -0.2) is 37.0 Å². The first kappa shape index (κ1) is 15.6. The Morgan fingerprint density at radius 2 is 2.33 bits per heavy atom. The summed E-state index contributed by atoms with van der Waals surface area (Å²) in [6.45, 7) is 1.47. The second-order valence-electron chi connectivity index (χ2n) is 5.37. The molecule has 1 aromatic rings. The summed E-state index contributed by atoms with van der Waals surface area (Å²) >= 11 is 0. The number of nitrogens with zero attached hydrogens (tertiary/aromatic N) is 1. The molecule has 2 rings (SSSR count). The van der Waals surface area contributed by atoms with Crippen LogP contribution >= 0.6 is 0 Å². The number of methoxy groups -OCH3 is 1. The molecule has 0 aliphatic carbocycles. The van der Waals surface area contributed by atoms with Gasteiger partial charge in [-0.1, -0.05) is 12.1 Å². The Labute approximate surface area is 126 Å². The fraction of sp³-hybridized carbons (Fsp3) is 0.471. The van der Waals surface area contributed by atoms with Crippen LogP contribution in [0.1, 0.15) is 31.2 Å². The van der Waals surface area contributed by atoms with Crippen molar-refractivity contribution in [1.82, 2.24) is 4.90 Å². The SMILES string of the molecule is COc1cccc(/C=C/C(=O)N2CCCCC2CCN)c1. The van der Waals surface area contributed by atoms with Gasteiger partial charge in [-0.05, 0) is 56.0 Å². The van der Waals surface area contributed by atoms with Gasteiger partial charge in [0.2, 0.25) is 5.91 Å². The van der Waals surface area contributed by atoms with Gasteiger partial charge in [-0.25, -0.2) is 0 Å². The number of rotatable bonds is 5. The minimum absolute atomic E-state index is 0.0796. The molecule has 1 aromatic carbocycles. The van der Waals surface area contributed by atoms with Gasteiger partial charge in [0.15, 0.2) is 0 Å². The highest BCUT2D eigenvalue weighted by atomic mass is 16.5. The quantitative estimate of drug-likeness (QED) is 0.847. The average Bonchev–Trinajstić information content (AvgIpc) is 2.53. The van der Waals surface area contributed by atoms with Crippen LogP contribution in [0, 0.1) is 0 Å². The standard InChI is InChI=1S/C17H24N2O2/c1-21-16-7-4-5-14(13-16)8-9-17(20)19-12-3-2-6-15(19)10-11-18/h4-5,7-9,13,15H,2-3,6,10-12,18H2,1H3/b9-8+. The van der Waals surface area contributed by atoms with Crippen LogP contribution in [0.4, 0.5) is 0 Å². The van der Waals surface area contributed by atoms with Gasteiger partial charge in [-0.3, -0.25) is 4.79 Å². The molecule has 114 valence electrons. The molecule has 4 heteroatoms. The molecule has 1 aliphatic heterocycles. The fourth-order valence-corrected chi connectivity index (χ4v) is 2.79. The minimum atomic E-state index is 0.0796. The maximum Gasteiger partial charge on any atom is 0.246 e. The molecule has 0 saturated carbocycles. The van der Waals surface area contributed by atoms with Crippen molar-refractivity contribution in [3.05, 3.63) is 35.9 Å². The van der Waals surface area contributed by atoms with Crippen molar-refractivity contribution < 1.29 is 9.53 Å². The van der Waals surface area contributed by atoms with E-state index in [0.29, 0.717) is 12.6 Å². The molecule has 0 bridgehead atoms. The van der Waals surface area contributed by atoms with Gasteiger partial charge in [-0.15, -0.1) is 0 Å². The van der Waals surface area contributed by atoms with Crippen molar-refractivity contribution in [1.29, 1.82) is 0 Å². The highest BCUT2D eigenvalue weighted by Gasteiger charge is 2.24. The molecule has 2 N–H and O–H groups in total. The van der Waals surface area contributed by atoms with Crippen LogP contribution in [0.3, 0.4) is 0 Å². The molecule has 1 unspecified atom stereocenters. The lowest BCUT2D eigenvalue weighted by Crippen LogP contribution is -2.43. The molecule has 1 fully saturated rings. The van der Waals surface area contributed by atoms with Crippen molar-refractivity contribution in [2.45, 2.75) is 31.7 Å². The number of nitrogens with two attached hydrogens (primary N) is 1. The summed E-state index contributed by atoms with van der Waals surface area (Å²) < 4.78 is 5.18. The second kappa shape index (κ2) is 7.84. The minimum Gasteiger partial charge on any atom is -0.497 e. The monoisotopic (exact) mass is 288 g/mol. The zero-order valence-corrected chi connectivity index (χ0v) is 12.6. The van der Waals surface area contributed by atoms with Gasteiger partial charge in [0, 0.05) is 18.7 Å². The third-order valence-electron chi connectivity index (χ3n) is 3.92. The second-order valence-corrected chi connectivity index (χ2v) is 5.37. The number of likely N-dealkylation sites (tertiary alicyclic amines) is 1. The lowest BCUT2D eigenvalue weighted by molar-refractivity contribution is -0.129. The first-order chi connectivity index (χ1) is 10.2. The largest absolute Gasteiger partial charge is 0.497 e. The predicted octanol–water partition coefficient (Wildman–Crippen LogP) is 2.44. The molecule has 1 heterocycles. The van der Waals surface area contributed by atoms with Gasteiger partial charge >= 0.3 is 0 Å². The number of ether oxygens (including phenoxy) is 1. The highest BCUT2D eigenvalue weighted by molar-refractivity contribution is 5.92. The molecule has 0 radical (unpaired) electrons. The van der Waals surface area contributed by atoms with E-state index < -0.39 is 0 Å². The summed E-state index contributed by atoms with van der Waals surface area (Å²) in [7, 11) is 1.64. The molecule has 1 amide bonds. The Kier molecular flexibility index (Phi) is 5.81. The lowest BCUT2D eigenvalue weighted by Gasteiger charge is -2.35. The van der Waals surface area contributed by atoms with E-state index in [1.807, 2.05) is 35.2 Å². The van der Waals surface area contributed by atoms with Crippen LogP contribution in [0.15, 0.2) is 30.3 Å². The highest BCUT2D eigenvalue weighted by Crippen LogP contribution is 2.20. The van der Waals surface area contributed by atoms with Gasteiger partial charge in [0.25, 0.3) is 0 Å². The molecule has 1 saturated heterocycles. The molecular weight excluding hydrogens is 264 g/mol. The van der Waals surface area contributed by atoms with E-state index in [1.165, 1.54) is 6.42 Å². The number of carbonyl (C=O) groups is 1. The van der Waals surface area contributed by atoms with Gasteiger partial charge < -0.3 is 15.4 Å². The molecule has 21 heavy (non-hydrogen) atoms. The maximum atomic E-state index is 12.4. The predicted molar refractivity (Wildman–Crippen MR) is 85.1 cm³/mol. The van der Waals surface area contributed by atoms with Crippen molar-refractivity contribution in [2.75, 3.05) is 20.2 Å². The van der Waals surface area contributed by atoms with Crippen molar-refractivity contribution in [2.24, 2.45) is 5.73 Å². The third-order valence-corrected chi connectivity index (χ3v) is 3.92. The van der Waals surface area contributed by atoms with Gasteiger partial charge in [-0.2, -0.15) is 0 Å². The van der Waals surface area contributed by atoms with E-state index in [-0.39, 0.29) is 5.91 Å². The van der Waals surface area contributed by atoms with Crippen LogP contribution in [0.25, 0.3) is 6.08 Å². The number of piperidine rings is 1. The van der Waals surface area contributed by atoms with Crippen LogP contribution in [-0.2, 0) is 4.79 Å². The summed E-state index contributed by atoms with van der Waals surface area (Å²) in [4.78, 5) is 14.3. The first-order valence-electron chi connectivity index (χ1n) is 7.57. The first-order valence-corrected chi connectivity index (χ1v) is 7.57. The van der Waals surface area contributed by atoms with Crippen LogP contribution in [0.2, 0.25) is 0 Å². The number of hydrogen-bond acceptors (Lipinski definition) is 3. The molecule has 0 aromatic heterocycles. The summed E-state index contributed by atoms with van der Waals surface area (Å²) in [5.74, 6) is 0.875. The van der Waals surface area contributed by atoms with Crippen LogP contribution < -0.4 is 10.5 Å². The Balaban J connectivity index is 2.03. The molecule has 0 spiro atoms. The number of hydrogen-bond donors (Lipinski definition) is 1. The molecular formula is C17H24N2O2. The Morgan fingerprint density at radius 3 is 3.10 bits per heavy atom. The van der Waals surface area contributed by atoms with Gasteiger partial charge in [0.05, 0.1) is 7.11 Å². The topological polar surface area (TPSA) is 55.6 Å². The normalized spacial score (nSPS) is 19.0. The van der Waals surface area contributed by atoms with E-state index in [2.05, 4.69) is 0 Å². The summed E-state index contributed by atoms with van der Waals surface area (Å²) in [5.41, 5.74) is 6.62. The molecule has 1 atom stereocenters. The van der Waals surface area contributed by atoms with Crippen molar-refractivity contribution >= 4 is 12.0 Å². The average molecular weight is 288 g/mol. The molecule has 4 nitrogen and oxygen atoms in total. The third kappa shape index (κ3) is 4.33. The van der Waals surface area contributed by atoms with E-state index in [1.54, 1.807) is 13.2 Å². The zero-order chi connectivity index (χ0) is 15.1. The van der Waals surface area contributed by atoms with Crippen LogP contribution in [0.5, 0.6) is 5.75 Å². The summed E-state index contributed by atoms with van der Waals surface area (Å²) in [5, 5.41) is 0. The van der Waals surface area contributed by atoms with E-state index in [9.17, 15) is 4.79 Å². The Bertz CT molecular complexity index is 497. The van der Waals surface area contributed by atoms with Gasteiger partial charge in [0.1, 0.15) is 5.75 Å². The smallest absolute Gasteiger partial charge is 0.246 e. The maximum absolute atomic E-state index is 12.4. The number of amides is 1. The fourth-order valence-electron chi connectivity index (χ4n) is 2.79. The molecule has 1 aliphatic rings. The zero-order valence-electron chi connectivity index (χ0n) is 12.6. The summed E-state index contributed by atoms with van der Waals surface area (Å²) in [6, 6.07) is 7.98. The number of benzene rings is 1.